The van der Waals surface area contributed by atoms with Crippen molar-refractivity contribution in [1.29, 1.82) is 0 Å². The third kappa shape index (κ3) is 3.75. The van der Waals surface area contributed by atoms with Crippen molar-refractivity contribution < 1.29 is 9.90 Å². The van der Waals surface area contributed by atoms with Crippen molar-refractivity contribution in [2.24, 2.45) is 0 Å². The first-order chi connectivity index (χ1) is 7.31. The van der Waals surface area contributed by atoms with Crippen LogP contribution in [0.3, 0.4) is 0 Å². The molecule has 1 aromatic rings. The van der Waals surface area contributed by atoms with Crippen LogP contribution in [0.5, 0.6) is 0 Å². The highest BCUT2D eigenvalue weighted by atomic mass is 127. The minimum Gasteiger partial charge on any atom is -0.389 e. The second-order valence-electron chi connectivity index (χ2n) is 4.45. The Morgan fingerprint density at radius 3 is 2.50 bits per heavy atom. The molecule has 16 heavy (non-hydrogen) atoms. The topological polar surface area (TPSA) is 40.5 Å². The summed E-state index contributed by atoms with van der Waals surface area (Å²) in [6.07, 6.45) is 0. The number of nitrogens with zero attached hydrogens (tertiary/aromatic N) is 1. The average molecular weight is 333 g/mol. The number of hydrogen-bond donors (Lipinski definition) is 1. The van der Waals surface area contributed by atoms with Crippen LogP contribution in [0.4, 0.5) is 0 Å². The maximum atomic E-state index is 12.1. The molecule has 0 fully saturated rings. The first kappa shape index (κ1) is 13.4. The number of carbonyl (C=O) groups is 1. The van der Waals surface area contributed by atoms with E-state index in [1.165, 1.54) is 4.90 Å². The molecule has 0 aromatic heterocycles. The Hall–Kier alpha value is -0.620. The van der Waals surface area contributed by atoms with Crippen molar-refractivity contribution in [2.75, 3.05) is 13.6 Å². The van der Waals surface area contributed by atoms with E-state index >= 15 is 0 Å². The molecule has 0 atom stereocenters. The summed E-state index contributed by atoms with van der Waals surface area (Å²) in [7, 11) is 1.70. The van der Waals surface area contributed by atoms with E-state index in [1.54, 1.807) is 27.0 Å². The molecule has 88 valence electrons. The van der Waals surface area contributed by atoms with Gasteiger partial charge in [0.05, 0.1) is 11.2 Å². The lowest BCUT2D eigenvalue weighted by atomic mass is 10.1. The highest BCUT2D eigenvalue weighted by Gasteiger charge is 2.21. The molecule has 0 radical (unpaired) electrons. The smallest absolute Gasteiger partial charge is 0.254 e. The maximum absolute atomic E-state index is 12.1. The molecular formula is C12H16INO2. The van der Waals surface area contributed by atoms with Gasteiger partial charge in [0.15, 0.2) is 0 Å². The summed E-state index contributed by atoms with van der Waals surface area (Å²) in [4.78, 5) is 13.6. The van der Waals surface area contributed by atoms with Gasteiger partial charge in [-0.3, -0.25) is 4.79 Å². The van der Waals surface area contributed by atoms with Crippen LogP contribution >= 0.6 is 22.6 Å². The lowest BCUT2D eigenvalue weighted by Crippen LogP contribution is -2.39. The van der Waals surface area contributed by atoms with Gasteiger partial charge in [-0.05, 0) is 48.6 Å². The zero-order chi connectivity index (χ0) is 12.3. The van der Waals surface area contributed by atoms with Crippen molar-refractivity contribution in [3.8, 4) is 0 Å². The second-order valence-corrected chi connectivity index (χ2v) is 5.62. The molecule has 1 amide bonds. The standard InChI is InChI=1S/C12H16INO2/c1-12(2,16)8-14(3)11(15)9-6-4-5-7-10(9)13/h4-7,16H,8H2,1-3H3. The second kappa shape index (κ2) is 5.14. The van der Waals surface area contributed by atoms with Crippen molar-refractivity contribution in [2.45, 2.75) is 19.4 Å². The highest BCUT2D eigenvalue weighted by Crippen LogP contribution is 2.14. The fraction of sp³-hybridized carbons (Fsp3) is 0.417. The lowest BCUT2D eigenvalue weighted by molar-refractivity contribution is 0.0367. The van der Waals surface area contributed by atoms with Gasteiger partial charge < -0.3 is 10.0 Å². The largest absolute Gasteiger partial charge is 0.389 e. The Balaban J connectivity index is 2.83. The predicted molar refractivity (Wildman–Crippen MR) is 72.4 cm³/mol. The third-order valence-corrected chi connectivity index (χ3v) is 3.02. The van der Waals surface area contributed by atoms with Gasteiger partial charge in [0.1, 0.15) is 0 Å². The van der Waals surface area contributed by atoms with Gasteiger partial charge >= 0.3 is 0 Å². The van der Waals surface area contributed by atoms with Gasteiger partial charge in [0.25, 0.3) is 5.91 Å². The van der Waals surface area contributed by atoms with Crippen LogP contribution in [-0.2, 0) is 0 Å². The molecule has 0 aliphatic rings. The Kier molecular flexibility index (Phi) is 4.32. The van der Waals surface area contributed by atoms with Crippen LogP contribution in [0.25, 0.3) is 0 Å². The normalized spacial score (nSPS) is 11.3. The van der Waals surface area contributed by atoms with Gasteiger partial charge in [0, 0.05) is 17.2 Å². The molecular weight excluding hydrogens is 317 g/mol. The van der Waals surface area contributed by atoms with E-state index in [1.807, 2.05) is 18.2 Å². The summed E-state index contributed by atoms with van der Waals surface area (Å²) in [5.74, 6) is -0.0628. The molecule has 0 saturated carbocycles. The quantitative estimate of drug-likeness (QED) is 0.861. The fourth-order valence-electron chi connectivity index (χ4n) is 1.49. The molecule has 0 heterocycles. The van der Waals surface area contributed by atoms with E-state index < -0.39 is 5.60 Å². The average Bonchev–Trinajstić information content (AvgIpc) is 2.15. The van der Waals surface area contributed by atoms with Crippen LogP contribution in [0.15, 0.2) is 24.3 Å². The summed E-state index contributed by atoms with van der Waals surface area (Å²) in [6, 6.07) is 7.43. The molecule has 4 heteroatoms. The monoisotopic (exact) mass is 333 g/mol. The number of likely N-dealkylation sites (N-methyl/N-ethyl adjacent to an activating group) is 1. The minimum atomic E-state index is -0.870. The number of amides is 1. The predicted octanol–water partition coefficient (Wildman–Crippen LogP) is 2.13. The van der Waals surface area contributed by atoms with E-state index in [2.05, 4.69) is 22.6 Å². The SMILES string of the molecule is CN(CC(C)(C)O)C(=O)c1ccccc1I. The van der Waals surface area contributed by atoms with Crippen molar-refractivity contribution in [1.82, 2.24) is 4.90 Å². The number of rotatable bonds is 3. The summed E-state index contributed by atoms with van der Waals surface area (Å²) in [6.45, 7) is 3.69. The number of carbonyl (C=O) groups excluding carboxylic acids is 1. The van der Waals surface area contributed by atoms with E-state index in [-0.39, 0.29) is 5.91 Å². The summed E-state index contributed by atoms with van der Waals surface area (Å²) in [5.41, 5.74) is -0.195. The van der Waals surface area contributed by atoms with Crippen LogP contribution in [0, 0.1) is 3.57 Å². The Morgan fingerprint density at radius 1 is 1.44 bits per heavy atom. The summed E-state index contributed by atoms with van der Waals surface area (Å²) in [5, 5.41) is 9.66. The van der Waals surface area contributed by atoms with E-state index in [0.29, 0.717) is 12.1 Å². The highest BCUT2D eigenvalue weighted by molar-refractivity contribution is 14.1. The van der Waals surface area contributed by atoms with E-state index in [9.17, 15) is 9.90 Å². The van der Waals surface area contributed by atoms with Crippen molar-refractivity contribution in [3.63, 3.8) is 0 Å². The van der Waals surface area contributed by atoms with Crippen molar-refractivity contribution in [3.05, 3.63) is 33.4 Å². The molecule has 0 aliphatic heterocycles. The molecule has 0 unspecified atom stereocenters. The van der Waals surface area contributed by atoms with Crippen molar-refractivity contribution >= 4 is 28.5 Å². The molecule has 3 nitrogen and oxygen atoms in total. The minimum absolute atomic E-state index is 0.0628. The Labute approximate surface area is 110 Å². The zero-order valence-electron chi connectivity index (χ0n) is 9.70. The first-order valence-corrected chi connectivity index (χ1v) is 6.11. The molecule has 0 aliphatic carbocycles. The molecule has 0 bridgehead atoms. The summed E-state index contributed by atoms with van der Waals surface area (Å²) < 4.78 is 0.924. The number of hydrogen-bond acceptors (Lipinski definition) is 2. The van der Waals surface area contributed by atoms with Gasteiger partial charge in [0.2, 0.25) is 0 Å². The number of benzene rings is 1. The molecule has 0 spiro atoms. The summed E-state index contributed by atoms with van der Waals surface area (Å²) >= 11 is 2.14. The first-order valence-electron chi connectivity index (χ1n) is 5.03. The van der Waals surface area contributed by atoms with Crippen LogP contribution in [0.2, 0.25) is 0 Å². The third-order valence-electron chi connectivity index (χ3n) is 2.08. The van der Waals surface area contributed by atoms with Gasteiger partial charge in [-0.25, -0.2) is 0 Å². The number of aliphatic hydroxyl groups is 1. The van der Waals surface area contributed by atoms with Gasteiger partial charge in [-0.15, -0.1) is 0 Å². The Morgan fingerprint density at radius 2 is 2.00 bits per heavy atom. The lowest BCUT2D eigenvalue weighted by Gasteiger charge is -2.25. The zero-order valence-corrected chi connectivity index (χ0v) is 11.9. The fourth-order valence-corrected chi connectivity index (χ4v) is 2.11. The number of halogens is 1. The molecule has 1 rings (SSSR count). The van der Waals surface area contributed by atoms with E-state index in [4.69, 9.17) is 0 Å². The van der Waals surface area contributed by atoms with Gasteiger partial charge in [-0.1, -0.05) is 12.1 Å². The molecule has 1 aromatic carbocycles. The Bertz CT molecular complexity index is 385. The van der Waals surface area contributed by atoms with Gasteiger partial charge in [-0.2, -0.15) is 0 Å². The van der Waals surface area contributed by atoms with E-state index in [0.717, 1.165) is 3.57 Å². The van der Waals surface area contributed by atoms with Crippen LogP contribution < -0.4 is 0 Å². The van der Waals surface area contributed by atoms with Crippen LogP contribution in [-0.4, -0.2) is 35.1 Å². The molecule has 1 N–H and O–H groups in total. The maximum Gasteiger partial charge on any atom is 0.254 e. The molecule has 0 saturated heterocycles. The van der Waals surface area contributed by atoms with Crippen LogP contribution in [0.1, 0.15) is 24.2 Å².